The number of nitrogens with zero attached hydrogens (tertiary/aromatic N) is 4. The number of aromatic amines is 2. The number of rotatable bonds is 10. The number of benzene rings is 3. The fraction of sp³-hybridized carbons (Fsp3) is 0.429. The standard InChI is InChI=1S/C42H50N8O6/c1-23(2)34(47-41(53)55-5)39(51)49-19-7-9-32(49)37-43-22-31(45-37)26-13-11-25(12-14-26)27-15-17-29-28(21-27)16-18-30-36(29)46-38(44-30)33-10-8-20-50(33)40(52)35(24(3)4)48-42(54)56-6/h11-18,21-24,32-35H,7-10,19-20H2,1-6H3,(H,43,45)(H,44,46)(H,47,53)(H,48,54)/t32-,33-,34-,35-/m0/s1. The summed E-state index contributed by atoms with van der Waals surface area (Å²) >= 11 is 0. The largest absolute Gasteiger partial charge is 0.453 e. The quantitative estimate of drug-likeness (QED) is 0.119. The van der Waals surface area contributed by atoms with Crippen LogP contribution in [-0.4, -0.2) is 93.1 Å². The van der Waals surface area contributed by atoms with Gasteiger partial charge in [-0.05, 0) is 71.7 Å². The molecule has 0 bridgehead atoms. The lowest BCUT2D eigenvalue weighted by Gasteiger charge is -2.30. The summed E-state index contributed by atoms with van der Waals surface area (Å²) in [7, 11) is 2.58. The van der Waals surface area contributed by atoms with Gasteiger partial charge in [0.2, 0.25) is 11.8 Å². The van der Waals surface area contributed by atoms with Crippen LogP contribution in [0.5, 0.6) is 0 Å². The Labute approximate surface area is 325 Å². The van der Waals surface area contributed by atoms with Gasteiger partial charge < -0.3 is 39.9 Å². The zero-order valence-corrected chi connectivity index (χ0v) is 32.7. The van der Waals surface area contributed by atoms with E-state index in [0.29, 0.717) is 13.1 Å². The first-order valence-corrected chi connectivity index (χ1v) is 19.3. The van der Waals surface area contributed by atoms with Crippen molar-refractivity contribution < 1.29 is 28.7 Å². The van der Waals surface area contributed by atoms with Gasteiger partial charge in [0, 0.05) is 18.5 Å². The number of methoxy groups -OCH3 is 2. The van der Waals surface area contributed by atoms with Crippen LogP contribution in [0.2, 0.25) is 0 Å². The van der Waals surface area contributed by atoms with Gasteiger partial charge in [0.15, 0.2) is 0 Å². The molecule has 2 aliphatic heterocycles. The molecule has 14 nitrogen and oxygen atoms in total. The number of hydrogen-bond donors (Lipinski definition) is 4. The molecule has 0 saturated carbocycles. The number of alkyl carbamates (subject to hydrolysis) is 2. The lowest BCUT2D eigenvalue weighted by molar-refractivity contribution is -0.136. The number of aromatic nitrogens is 4. The van der Waals surface area contributed by atoms with Crippen LogP contribution in [0, 0.1) is 11.8 Å². The second-order valence-corrected chi connectivity index (χ2v) is 15.4. The number of H-pyrrole nitrogens is 2. The van der Waals surface area contributed by atoms with Gasteiger partial charge >= 0.3 is 12.2 Å². The number of amides is 4. The van der Waals surface area contributed by atoms with E-state index in [0.717, 1.165) is 81.5 Å². The number of nitrogens with one attached hydrogen (secondary N) is 4. The Morgan fingerprint density at radius 1 is 0.714 bits per heavy atom. The van der Waals surface area contributed by atoms with Crippen molar-refractivity contribution in [1.82, 2.24) is 40.4 Å². The van der Waals surface area contributed by atoms with E-state index in [1.54, 1.807) is 6.20 Å². The van der Waals surface area contributed by atoms with Crippen molar-refractivity contribution in [2.75, 3.05) is 27.3 Å². The molecule has 2 aliphatic rings. The third-order valence-corrected chi connectivity index (χ3v) is 11.1. The Balaban J connectivity index is 1.07. The Bertz CT molecular complexity index is 2240. The average molecular weight is 763 g/mol. The molecule has 14 heteroatoms. The molecule has 3 aromatic carbocycles. The minimum absolute atomic E-state index is 0.107. The Hall–Kier alpha value is -5.92. The summed E-state index contributed by atoms with van der Waals surface area (Å²) < 4.78 is 9.54. The smallest absolute Gasteiger partial charge is 0.407 e. The summed E-state index contributed by atoms with van der Waals surface area (Å²) in [6.07, 6.45) is 3.81. The SMILES string of the molecule is COC(=O)N[C@H](C(=O)N1CCC[C@H]1c1ncc(-c2ccc(-c3ccc4c(ccc5[nH]c([C@@H]6CCCN6C(=O)[C@@H](NC(=O)OC)C(C)C)nc54)c3)cc2)[nH]1)C(C)C. The molecule has 0 unspecified atom stereocenters. The van der Waals surface area contributed by atoms with Crippen LogP contribution in [0.25, 0.3) is 44.2 Å². The summed E-state index contributed by atoms with van der Waals surface area (Å²) in [5.74, 6) is 0.965. The van der Waals surface area contributed by atoms with Crippen LogP contribution in [0.1, 0.15) is 77.1 Å². The average Bonchev–Trinajstić information content (AvgIpc) is 4.04. The highest BCUT2D eigenvalue weighted by atomic mass is 16.5. The van der Waals surface area contributed by atoms with E-state index in [2.05, 4.69) is 74.1 Å². The van der Waals surface area contributed by atoms with Crippen LogP contribution in [0.4, 0.5) is 9.59 Å². The van der Waals surface area contributed by atoms with Crippen LogP contribution in [0.15, 0.2) is 60.8 Å². The lowest BCUT2D eigenvalue weighted by Crippen LogP contribution is -2.51. The van der Waals surface area contributed by atoms with E-state index in [1.165, 1.54) is 14.2 Å². The van der Waals surface area contributed by atoms with Gasteiger partial charge in [-0.2, -0.15) is 0 Å². The number of hydrogen-bond acceptors (Lipinski definition) is 8. The third-order valence-electron chi connectivity index (χ3n) is 11.1. The van der Waals surface area contributed by atoms with Gasteiger partial charge in [0.1, 0.15) is 23.7 Å². The van der Waals surface area contributed by atoms with Crippen LogP contribution in [0.3, 0.4) is 0 Å². The van der Waals surface area contributed by atoms with Gasteiger partial charge in [-0.15, -0.1) is 0 Å². The van der Waals surface area contributed by atoms with E-state index in [-0.39, 0.29) is 35.7 Å². The van der Waals surface area contributed by atoms with Crippen molar-refractivity contribution in [2.24, 2.45) is 11.8 Å². The molecule has 4 heterocycles. The summed E-state index contributed by atoms with van der Waals surface area (Å²) in [6.45, 7) is 8.80. The van der Waals surface area contributed by atoms with E-state index >= 15 is 0 Å². The number of carbonyl (C=O) groups excluding carboxylic acids is 4. The number of imidazole rings is 2. The monoisotopic (exact) mass is 762 g/mol. The molecule has 4 amide bonds. The highest BCUT2D eigenvalue weighted by molar-refractivity contribution is 6.05. The summed E-state index contributed by atoms with van der Waals surface area (Å²) in [4.78, 5) is 71.5. The maximum Gasteiger partial charge on any atom is 0.407 e. The number of carbonyl (C=O) groups is 4. The molecule has 56 heavy (non-hydrogen) atoms. The first-order chi connectivity index (χ1) is 27.0. The second-order valence-electron chi connectivity index (χ2n) is 15.4. The van der Waals surface area contributed by atoms with Crippen molar-refractivity contribution in [1.29, 1.82) is 0 Å². The molecule has 0 radical (unpaired) electrons. The van der Waals surface area contributed by atoms with E-state index in [4.69, 9.17) is 14.5 Å². The van der Waals surface area contributed by atoms with E-state index in [9.17, 15) is 19.2 Å². The molecule has 294 valence electrons. The first-order valence-electron chi connectivity index (χ1n) is 19.3. The maximum atomic E-state index is 13.7. The lowest BCUT2D eigenvalue weighted by atomic mass is 9.99. The molecular formula is C42H50N8O6. The molecule has 7 rings (SSSR count). The van der Waals surface area contributed by atoms with Gasteiger partial charge in [0.25, 0.3) is 0 Å². The molecule has 2 aromatic heterocycles. The number of likely N-dealkylation sites (tertiary alicyclic amines) is 2. The van der Waals surface area contributed by atoms with E-state index < -0.39 is 24.3 Å². The number of fused-ring (bicyclic) bond motifs is 3. The first kappa shape index (κ1) is 38.4. The number of ether oxygens (including phenoxy) is 2. The minimum atomic E-state index is -0.695. The van der Waals surface area contributed by atoms with Crippen molar-refractivity contribution in [3.05, 3.63) is 72.4 Å². The molecule has 2 saturated heterocycles. The summed E-state index contributed by atoms with van der Waals surface area (Å²) in [6, 6.07) is 17.0. The van der Waals surface area contributed by atoms with Gasteiger partial charge in [-0.1, -0.05) is 70.2 Å². The fourth-order valence-electron chi connectivity index (χ4n) is 8.04. The van der Waals surface area contributed by atoms with Crippen LogP contribution in [-0.2, 0) is 19.1 Å². The second kappa shape index (κ2) is 16.0. The zero-order valence-electron chi connectivity index (χ0n) is 32.7. The molecule has 4 atom stereocenters. The predicted molar refractivity (Wildman–Crippen MR) is 212 cm³/mol. The molecule has 0 aliphatic carbocycles. The fourth-order valence-corrected chi connectivity index (χ4v) is 8.04. The van der Waals surface area contributed by atoms with Gasteiger partial charge in [-0.25, -0.2) is 19.6 Å². The molecule has 0 spiro atoms. The Morgan fingerprint density at radius 2 is 1.27 bits per heavy atom. The topological polar surface area (TPSA) is 175 Å². The minimum Gasteiger partial charge on any atom is -0.453 e. The molecule has 5 aromatic rings. The molecule has 2 fully saturated rings. The van der Waals surface area contributed by atoms with Crippen molar-refractivity contribution in [2.45, 2.75) is 77.5 Å². The predicted octanol–water partition coefficient (Wildman–Crippen LogP) is 6.86. The summed E-state index contributed by atoms with van der Waals surface area (Å²) in [5.41, 5.74) is 5.71. The Kier molecular flexibility index (Phi) is 11.0. The van der Waals surface area contributed by atoms with Crippen molar-refractivity contribution >= 4 is 45.8 Å². The highest BCUT2D eigenvalue weighted by Gasteiger charge is 2.39. The maximum absolute atomic E-state index is 13.7. The summed E-state index contributed by atoms with van der Waals surface area (Å²) in [5, 5.41) is 7.47. The highest BCUT2D eigenvalue weighted by Crippen LogP contribution is 2.36. The van der Waals surface area contributed by atoms with E-state index in [1.807, 2.05) is 43.6 Å². The van der Waals surface area contributed by atoms with Crippen molar-refractivity contribution in [3.63, 3.8) is 0 Å². The normalized spacial score (nSPS) is 18.1. The molecule has 4 N–H and O–H groups in total. The van der Waals surface area contributed by atoms with Gasteiger partial charge in [-0.3, -0.25) is 9.59 Å². The Morgan fingerprint density at radius 3 is 1.84 bits per heavy atom. The van der Waals surface area contributed by atoms with Crippen molar-refractivity contribution in [3.8, 4) is 22.4 Å². The molecular weight excluding hydrogens is 713 g/mol. The van der Waals surface area contributed by atoms with Crippen LogP contribution >= 0.6 is 0 Å². The van der Waals surface area contributed by atoms with Gasteiger partial charge in [0.05, 0.1) is 49.2 Å². The zero-order chi connectivity index (χ0) is 39.7. The van der Waals surface area contributed by atoms with Crippen LogP contribution < -0.4 is 10.6 Å². The third kappa shape index (κ3) is 7.52.